The van der Waals surface area contributed by atoms with Crippen LogP contribution >= 0.6 is 0 Å². The Morgan fingerprint density at radius 1 is 0.897 bits per heavy atom. The Bertz CT molecular complexity index is 952. The van der Waals surface area contributed by atoms with E-state index in [2.05, 4.69) is 58.1 Å². The highest BCUT2D eigenvalue weighted by molar-refractivity contribution is 5.94. The fourth-order valence-corrected chi connectivity index (χ4v) is 3.37. The van der Waals surface area contributed by atoms with Crippen molar-refractivity contribution in [2.45, 2.75) is 26.2 Å². The van der Waals surface area contributed by atoms with Gasteiger partial charge in [0.15, 0.2) is 11.6 Å². The van der Waals surface area contributed by atoms with E-state index in [0.29, 0.717) is 18.9 Å². The molecule has 4 rings (SSSR count). The highest BCUT2D eigenvalue weighted by Gasteiger charge is 2.23. The lowest BCUT2D eigenvalue weighted by atomic mass is 9.86. The molecular weight excluding hydrogens is 366 g/mol. The van der Waals surface area contributed by atoms with E-state index in [1.165, 1.54) is 11.9 Å². The van der Waals surface area contributed by atoms with E-state index in [0.717, 1.165) is 24.5 Å². The summed E-state index contributed by atoms with van der Waals surface area (Å²) >= 11 is 0. The zero-order valence-electron chi connectivity index (χ0n) is 17.0. The lowest BCUT2D eigenvalue weighted by molar-refractivity contribution is 0.0746. The van der Waals surface area contributed by atoms with Crippen LogP contribution in [0, 0.1) is 0 Å². The molecule has 0 unspecified atom stereocenters. The number of nitrogens with zero attached hydrogens (tertiary/aromatic N) is 7. The first-order chi connectivity index (χ1) is 13.9. The SMILES string of the molecule is CC(C)(C)c1ccc(C(=O)N2CCN(c3ccc(-n4cncn4)nn3)CC2)cc1. The van der Waals surface area contributed by atoms with Crippen molar-refractivity contribution in [2.75, 3.05) is 31.1 Å². The molecule has 0 aliphatic carbocycles. The number of rotatable bonds is 3. The van der Waals surface area contributed by atoms with Gasteiger partial charge in [0.25, 0.3) is 5.91 Å². The maximum atomic E-state index is 12.8. The fraction of sp³-hybridized carbons (Fsp3) is 0.381. The van der Waals surface area contributed by atoms with Crippen LogP contribution < -0.4 is 4.90 Å². The number of anilines is 1. The summed E-state index contributed by atoms with van der Waals surface area (Å²) in [5.74, 6) is 1.51. The molecule has 1 aliphatic rings. The molecule has 1 amide bonds. The molecule has 3 aromatic rings. The van der Waals surface area contributed by atoms with Crippen molar-refractivity contribution >= 4 is 11.7 Å². The Labute approximate surface area is 170 Å². The van der Waals surface area contributed by atoms with Crippen LogP contribution in [-0.2, 0) is 5.41 Å². The zero-order valence-corrected chi connectivity index (χ0v) is 17.0. The molecule has 1 aromatic carbocycles. The minimum absolute atomic E-state index is 0.0811. The summed E-state index contributed by atoms with van der Waals surface area (Å²) in [4.78, 5) is 20.8. The Balaban J connectivity index is 1.37. The number of hydrogen-bond acceptors (Lipinski definition) is 6. The number of carbonyl (C=O) groups is 1. The van der Waals surface area contributed by atoms with Crippen LogP contribution in [0.15, 0.2) is 49.1 Å². The third kappa shape index (κ3) is 4.11. The molecule has 0 radical (unpaired) electrons. The highest BCUT2D eigenvalue weighted by Crippen LogP contribution is 2.23. The molecule has 0 atom stereocenters. The van der Waals surface area contributed by atoms with Crippen molar-refractivity contribution < 1.29 is 4.79 Å². The molecule has 29 heavy (non-hydrogen) atoms. The Hall–Kier alpha value is -3.29. The normalized spacial score (nSPS) is 14.9. The van der Waals surface area contributed by atoms with E-state index in [-0.39, 0.29) is 11.3 Å². The van der Waals surface area contributed by atoms with Gasteiger partial charge in [-0.3, -0.25) is 4.79 Å². The quantitative estimate of drug-likeness (QED) is 0.682. The largest absolute Gasteiger partial charge is 0.352 e. The minimum atomic E-state index is 0.0811. The molecule has 2 aromatic heterocycles. The molecule has 8 nitrogen and oxygen atoms in total. The highest BCUT2D eigenvalue weighted by atomic mass is 16.2. The smallest absolute Gasteiger partial charge is 0.253 e. The standard InChI is InChI=1S/C21H25N7O/c1-21(2,3)17-6-4-16(5-7-17)20(29)27-12-10-26(11-13-27)18-8-9-19(25-24-18)28-15-22-14-23-28/h4-9,14-15H,10-13H2,1-3H3. The van der Waals surface area contributed by atoms with Crippen LogP contribution in [0.25, 0.3) is 5.82 Å². The van der Waals surface area contributed by atoms with Gasteiger partial charge in [-0.05, 0) is 35.2 Å². The molecule has 0 N–H and O–H groups in total. The maximum Gasteiger partial charge on any atom is 0.253 e. The van der Waals surface area contributed by atoms with E-state index in [9.17, 15) is 4.79 Å². The predicted octanol–water partition coefficient (Wildman–Crippen LogP) is 2.32. The van der Waals surface area contributed by atoms with Gasteiger partial charge in [-0.2, -0.15) is 5.10 Å². The second-order valence-corrected chi connectivity index (χ2v) is 8.20. The average Bonchev–Trinajstić information content (AvgIpc) is 3.28. The zero-order chi connectivity index (χ0) is 20.4. The topological polar surface area (TPSA) is 80.0 Å². The molecule has 0 bridgehead atoms. The van der Waals surface area contributed by atoms with Gasteiger partial charge >= 0.3 is 0 Å². The summed E-state index contributed by atoms with van der Waals surface area (Å²) in [7, 11) is 0. The van der Waals surface area contributed by atoms with Gasteiger partial charge in [-0.15, -0.1) is 10.2 Å². The van der Waals surface area contributed by atoms with Crippen molar-refractivity contribution in [1.82, 2.24) is 29.9 Å². The summed E-state index contributed by atoms with van der Waals surface area (Å²) in [6.45, 7) is 9.28. The molecular formula is C21H25N7O. The van der Waals surface area contributed by atoms with E-state index < -0.39 is 0 Å². The van der Waals surface area contributed by atoms with E-state index >= 15 is 0 Å². The molecule has 0 saturated carbocycles. The molecule has 0 spiro atoms. The number of carbonyl (C=O) groups excluding carboxylic acids is 1. The summed E-state index contributed by atoms with van der Waals surface area (Å²) < 4.78 is 1.57. The number of aromatic nitrogens is 5. The summed E-state index contributed by atoms with van der Waals surface area (Å²) in [5, 5.41) is 12.6. The van der Waals surface area contributed by atoms with Gasteiger partial charge in [0.05, 0.1) is 0 Å². The number of amides is 1. The fourth-order valence-electron chi connectivity index (χ4n) is 3.37. The number of piperazine rings is 1. The third-order valence-corrected chi connectivity index (χ3v) is 5.18. The number of hydrogen-bond donors (Lipinski definition) is 0. The van der Waals surface area contributed by atoms with E-state index in [4.69, 9.17) is 0 Å². The second-order valence-electron chi connectivity index (χ2n) is 8.20. The van der Waals surface area contributed by atoms with Crippen LogP contribution in [0.4, 0.5) is 5.82 Å². The van der Waals surface area contributed by atoms with Crippen molar-refractivity contribution in [3.63, 3.8) is 0 Å². The second kappa shape index (κ2) is 7.62. The first-order valence-electron chi connectivity index (χ1n) is 9.75. The maximum absolute atomic E-state index is 12.8. The first-order valence-corrected chi connectivity index (χ1v) is 9.75. The molecule has 1 aliphatic heterocycles. The summed E-state index contributed by atoms with van der Waals surface area (Å²) in [6, 6.07) is 11.8. The monoisotopic (exact) mass is 391 g/mol. The van der Waals surface area contributed by atoms with Gasteiger partial charge < -0.3 is 9.80 Å². The molecule has 1 fully saturated rings. The summed E-state index contributed by atoms with van der Waals surface area (Å²) in [5.41, 5.74) is 2.05. The van der Waals surface area contributed by atoms with Crippen molar-refractivity contribution in [1.29, 1.82) is 0 Å². The van der Waals surface area contributed by atoms with Crippen molar-refractivity contribution in [3.05, 3.63) is 60.2 Å². The van der Waals surface area contributed by atoms with Gasteiger partial charge in [0.2, 0.25) is 0 Å². The number of benzene rings is 1. The minimum Gasteiger partial charge on any atom is -0.352 e. The molecule has 1 saturated heterocycles. The van der Waals surface area contributed by atoms with E-state index in [1.54, 1.807) is 11.0 Å². The van der Waals surface area contributed by atoms with Gasteiger partial charge in [0, 0.05) is 31.7 Å². The Morgan fingerprint density at radius 3 is 2.10 bits per heavy atom. The molecule has 3 heterocycles. The third-order valence-electron chi connectivity index (χ3n) is 5.18. The van der Waals surface area contributed by atoms with Gasteiger partial charge in [-0.25, -0.2) is 9.67 Å². The Morgan fingerprint density at radius 2 is 1.55 bits per heavy atom. The average molecular weight is 391 g/mol. The Kier molecular flexibility index (Phi) is 5.00. The van der Waals surface area contributed by atoms with Crippen LogP contribution in [0.5, 0.6) is 0 Å². The van der Waals surface area contributed by atoms with Crippen molar-refractivity contribution in [3.8, 4) is 5.82 Å². The van der Waals surface area contributed by atoms with Gasteiger partial charge in [0.1, 0.15) is 12.7 Å². The summed E-state index contributed by atoms with van der Waals surface area (Å²) in [6.07, 6.45) is 3.05. The lowest BCUT2D eigenvalue weighted by Crippen LogP contribution is -2.49. The van der Waals surface area contributed by atoms with Crippen molar-refractivity contribution in [2.24, 2.45) is 0 Å². The van der Waals surface area contributed by atoms with Crippen LogP contribution in [0.2, 0.25) is 0 Å². The predicted molar refractivity (Wildman–Crippen MR) is 110 cm³/mol. The van der Waals surface area contributed by atoms with Crippen LogP contribution in [-0.4, -0.2) is 61.9 Å². The molecule has 8 heteroatoms. The van der Waals surface area contributed by atoms with Crippen LogP contribution in [0.1, 0.15) is 36.7 Å². The van der Waals surface area contributed by atoms with E-state index in [1.807, 2.05) is 29.2 Å². The molecule has 150 valence electrons. The first kappa shape index (κ1) is 19.0. The lowest BCUT2D eigenvalue weighted by Gasteiger charge is -2.35. The van der Waals surface area contributed by atoms with Crippen LogP contribution in [0.3, 0.4) is 0 Å². The van der Waals surface area contributed by atoms with Gasteiger partial charge in [-0.1, -0.05) is 32.9 Å².